The minimum Gasteiger partial charge on any atom is -0.355 e. The van der Waals surface area contributed by atoms with E-state index < -0.39 is 0 Å². The van der Waals surface area contributed by atoms with Gasteiger partial charge >= 0.3 is 0 Å². The maximum atomic E-state index is 11.3. The predicted molar refractivity (Wildman–Crippen MR) is 60.9 cm³/mol. The fourth-order valence-corrected chi connectivity index (χ4v) is 1.33. The van der Waals surface area contributed by atoms with Crippen molar-refractivity contribution in [2.24, 2.45) is 0 Å². The molecule has 1 aromatic carbocycles. The number of carbonyl (C=O) groups excluding carboxylic acids is 1. The Morgan fingerprint density at radius 3 is 2.31 bits per heavy atom. The molecule has 2 aromatic rings. The number of hydrogen-bond acceptors (Lipinski definition) is 3. The quantitative estimate of drug-likeness (QED) is 0.822. The fourth-order valence-electron chi connectivity index (χ4n) is 1.33. The number of amides is 1. The molecule has 2 rings (SSSR count). The van der Waals surface area contributed by atoms with Crippen molar-refractivity contribution in [3.63, 3.8) is 0 Å². The van der Waals surface area contributed by atoms with Gasteiger partial charge in [0.2, 0.25) is 0 Å². The molecule has 0 aliphatic carbocycles. The molecule has 0 fully saturated rings. The maximum absolute atomic E-state index is 11.3. The zero-order valence-electron chi connectivity index (χ0n) is 8.84. The number of aromatic nitrogens is 2. The third-order valence-electron chi connectivity index (χ3n) is 2.17. The zero-order chi connectivity index (χ0) is 11.4. The van der Waals surface area contributed by atoms with E-state index in [0.29, 0.717) is 11.4 Å². The first kappa shape index (κ1) is 10.3. The van der Waals surface area contributed by atoms with Gasteiger partial charge in [0.05, 0.1) is 5.56 Å². The van der Waals surface area contributed by atoms with E-state index in [2.05, 4.69) is 15.3 Å². The molecular formula is C12H11N3O. The van der Waals surface area contributed by atoms with Crippen molar-refractivity contribution in [1.82, 2.24) is 15.3 Å². The van der Waals surface area contributed by atoms with Crippen molar-refractivity contribution in [2.45, 2.75) is 0 Å². The number of carbonyl (C=O) groups is 1. The number of benzene rings is 1. The number of hydrogen-bond donors (Lipinski definition) is 1. The van der Waals surface area contributed by atoms with E-state index in [0.717, 1.165) is 5.56 Å². The summed E-state index contributed by atoms with van der Waals surface area (Å²) in [6, 6.07) is 9.63. The Morgan fingerprint density at radius 2 is 1.75 bits per heavy atom. The van der Waals surface area contributed by atoms with E-state index in [-0.39, 0.29) is 5.91 Å². The summed E-state index contributed by atoms with van der Waals surface area (Å²) in [5, 5.41) is 2.52. The number of rotatable bonds is 2. The summed E-state index contributed by atoms with van der Waals surface area (Å²) in [5.41, 5.74) is 1.40. The molecule has 0 bridgehead atoms. The summed E-state index contributed by atoms with van der Waals surface area (Å²) >= 11 is 0. The van der Waals surface area contributed by atoms with Gasteiger partial charge in [-0.3, -0.25) is 4.79 Å². The molecule has 0 saturated carbocycles. The van der Waals surface area contributed by atoms with Crippen molar-refractivity contribution in [3.05, 3.63) is 48.3 Å². The van der Waals surface area contributed by atoms with Gasteiger partial charge in [0.15, 0.2) is 5.82 Å². The minimum atomic E-state index is -0.181. The number of nitrogens with one attached hydrogen (secondary N) is 1. The van der Waals surface area contributed by atoms with Crippen molar-refractivity contribution in [1.29, 1.82) is 0 Å². The highest BCUT2D eigenvalue weighted by molar-refractivity contribution is 5.93. The fraction of sp³-hybridized carbons (Fsp3) is 0.0833. The van der Waals surface area contributed by atoms with Crippen molar-refractivity contribution < 1.29 is 4.79 Å². The zero-order valence-corrected chi connectivity index (χ0v) is 8.84. The summed E-state index contributed by atoms with van der Waals surface area (Å²) in [7, 11) is 1.58. The Labute approximate surface area is 93.4 Å². The van der Waals surface area contributed by atoms with Gasteiger partial charge in [-0.1, -0.05) is 30.3 Å². The lowest BCUT2D eigenvalue weighted by Gasteiger charge is -2.01. The van der Waals surface area contributed by atoms with E-state index in [1.165, 1.54) is 12.4 Å². The van der Waals surface area contributed by atoms with Crippen molar-refractivity contribution >= 4 is 5.91 Å². The molecule has 0 aliphatic rings. The highest BCUT2D eigenvalue weighted by atomic mass is 16.1. The number of nitrogens with zero attached hydrogens (tertiary/aromatic N) is 2. The average Bonchev–Trinajstić information content (AvgIpc) is 2.39. The second-order valence-corrected chi connectivity index (χ2v) is 3.24. The summed E-state index contributed by atoms with van der Waals surface area (Å²) < 4.78 is 0. The molecule has 16 heavy (non-hydrogen) atoms. The molecule has 1 aromatic heterocycles. The molecule has 0 radical (unpaired) electrons. The summed E-state index contributed by atoms with van der Waals surface area (Å²) in [6.45, 7) is 0. The molecule has 0 atom stereocenters. The van der Waals surface area contributed by atoms with Crippen LogP contribution in [0.2, 0.25) is 0 Å². The molecule has 0 saturated heterocycles. The van der Waals surface area contributed by atoms with Gasteiger partial charge in [-0.15, -0.1) is 0 Å². The van der Waals surface area contributed by atoms with Crippen molar-refractivity contribution in [2.75, 3.05) is 7.05 Å². The van der Waals surface area contributed by atoms with Crippen LogP contribution in [-0.4, -0.2) is 22.9 Å². The molecule has 4 nitrogen and oxygen atoms in total. The molecule has 0 aliphatic heterocycles. The van der Waals surface area contributed by atoms with Gasteiger partial charge in [-0.2, -0.15) is 0 Å². The van der Waals surface area contributed by atoms with Crippen LogP contribution in [0, 0.1) is 0 Å². The normalized spacial score (nSPS) is 9.81. The van der Waals surface area contributed by atoms with E-state index >= 15 is 0 Å². The monoisotopic (exact) mass is 213 g/mol. The molecule has 1 amide bonds. The van der Waals surface area contributed by atoms with Crippen LogP contribution in [0.3, 0.4) is 0 Å². The molecule has 1 heterocycles. The predicted octanol–water partition coefficient (Wildman–Crippen LogP) is 1.50. The summed E-state index contributed by atoms with van der Waals surface area (Å²) in [5.74, 6) is 0.438. The van der Waals surface area contributed by atoms with Crippen LogP contribution in [0.1, 0.15) is 10.4 Å². The average molecular weight is 213 g/mol. The van der Waals surface area contributed by atoms with Gasteiger partial charge in [-0.05, 0) is 0 Å². The molecule has 0 unspecified atom stereocenters. The molecule has 4 heteroatoms. The van der Waals surface area contributed by atoms with Crippen LogP contribution in [-0.2, 0) is 0 Å². The first-order valence-corrected chi connectivity index (χ1v) is 4.91. The standard InChI is InChI=1S/C12H11N3O/c1-13-12(16)10-7-14-11(15-8-10)9-5-3-2-4-6-9/h2-8H,1H3,(H,13,16). The molecule has 1 N–H and O–H groups in total. The largest absolute Gasteiger partial charge is 0.355 e. The summed E-state index contributed by atoms with van der Waals surface area (Å²) in [4.78, 5) is 19.6. The third-order valence-corrected chi connectivity index (χ3v) is 2.17. The molecular weight excluding hydrogens is 202 g/mol. The Bertz CT molecular complexity index is 479. The van der Waals surface area contributed by atoms with Crippen molar-refractivity contribution in [3.8, 4) is 11.4 Å². The maximum Gasteiger partial charge on any atom is 0.254 e. The second-order valence-electron chi connectivity index (χ2n) is 3.24. The van der Waals surface area contributed by atoms with Gasteiger partial charge in [-0.25, -0.2) is 9.97 Å². The van der Waals surface area contributed by atoms with Gasteiger partial charge in [0.1, 0.15) is 0 Å². The van der Waals surface area contributed by atoms with Crippen LogP contribution in [0.15, 0.2) is 42.7 Å². The third kappa shape index (κ3) is 2.06. The second kappa shape index (κ2) is 4.53. The minimum absolute atomic E-state index is 0.181. The van der Waals surface area contributed by atoms with Crippen LogP contribution in [0.25, 0.3) is 11.4 Å². The highest BCUT2D eigenvalue weighted by Gasteiger charge is 2.05. The Balaban J connectivity index is 2.30. The van der Waals surface area contributed by atoms with E-state index in [4.69, 9.17) is 0 Å². The van der Waals surface area contributed by atoms with Crippen LogP contribution in [0.4, 0.5) is 0 Å². The van der Waals surface area contributed by atoms with Gasteiger partial charge in [0, 0.05) is 25.0 Å². The van der Waals surface area contributed by atoms with Crippen LogP contribution in [0.5, 0.6) is 0 Å². The molecule has 80 valence electrons. The topological polar surface area (TPSA) is 54.9 Å². The van der Waals surface area contributed by atoms with Crippen LogP contribution >= 0.6 is 0 Å². The lowest BCUT2D eigenvalue weighted by molar-refractivity contribution is 0.0962. The van der Waals surface area contributed by atoms with E-state index in [1.807, 2.05) is 30.3 Å². The summed E-state index contributed by atoms with van der Waals surface area (Å²) in [6.07, 6.45) is 3.04. The first-order chi connectivity index (χ1) is 7.81. The molecule has 0 spiro atoms. The lowest BCUT2D eigenvalue weighted by atomic mass is 10.2. The van der Waals surface area contributed by atoms with Gasteiger partial charge in [0.25, 0.3) is 5.91 Å². The van der Waals surface area contributed by atoms with E-state index in [9.17, 15) is 4.79 Å². The Kier molecular flexibility index (Phi) is 2.91. The highest BCUT2D eigenvalue weighted by Crippen LogP contribution is 2.12. The first-order valence-electron chi connectivity index (χ1n) is 4.91. The van der Waals surface area contributed by atoms with Gasteiger partial charge < -0.3 is 5.32 Å². The van der Waals surface area contributed by atoms with E-state index in [1.54, 1.807) is 7.05 Å². The van der Waals surface area contributed by atoms with Crippen LogP contribution < -0.4 is 5.32 Å². The lowest BCUT2D eigenvalue weighted by Crippen LogP contribution is -2.18. The Hall–Kier alpha value is -2.23. The SMILES string of the molecule is CNC(=O)c1cnc(-c2ccccc2)nc1. The Morgan fingerprint density at radius 1 is 1.12 bits per heavy atom. The smallest absolute Gasteiger partial charge is 0.254 e.